The Balaban J connectivity index is 2.29. The first-order valence-electron chi connectivity index (χ1n) is 4.61. The van der Waals surface area contributed by atoms with Crippen molar-refractivity contribution in [1.82, 2.24) is 0 Å². The van der Waals surface area contributed by atoms with Crippen molar-refractivity contribution in [2.75, 3.05) is 19.4 Å². The fourth-order valence-electron chi connectivity index (χ4n) is 1.57. The summed E-state index contributed by atoms with van der Waals surface area (Å²) in [6.45, 7) is 1.29. The Morgan fingerprint density at radius 3 is 2.43 bits per heavy atom. The average Bonchev–Trinajstić information content (AvgIpc) is 2.02. The van der Waals surface area contributed by atoms with Crippen LogP contribution in [0.5, 0.6) is 0 Å². The van der Waals surface area contributed by atoms with E-state index in [1.807, 2.05) is 0 Å². The molecule has 0 aromatic carbocycles. The zero-order valence-corrected chi connectivity index (χ0v) is 8.78. The molecule has 1 rings (SSSR count). The first kappa shape index (κ1) is 11.9. The van der Waals surface area contributed by atoms with Gasteiger partial charge in [0.15, 0.2) is 0 Å². The van der Waals surface area contributed by atoms with E-state index in [0.29, 0.717) is 13.2 Å². The summed E-state index contributed by atoms with van der Waals surface area (Å²) in [4.78, 5) is 28.4. The molecule has 6 heteroatoms. The molecule has 1 heterocycles. The first-order valence-corrected chi connectivity index (χ1v) is 6.41. The highest BCUT2D eigenvalue weighted by atomic mass is 31.2. The minimum absolute atomic E-state index is 0.239. The van der Waals surface area contributed by atoms with Gasteiger partial charge in [-0.05, 0) is 18.8 Å². The smallest absolute Gasteiger partial charge is 0.332 e. The van der Waals surface area contributed by atoms with Crippen molar-refractivity contribution in [3.05, 3.63) is 0 Å². The quantitative estimate of drug-likeness (QED) is 0.678. The van der Waals surface area contributed by atoms with Gasteiger partial charge in [0.25, 0.3) is 0 Å². The Labute approximate surface area is 82.6 Å². The maximum atomic E-state index is 11.2. The van der Waals surface area contributed by atoms with Crippen LogP contribution < -0.4 is 0 Å². The molecule has 0 aromatic rings. The van der Waals surface area contributed by atoms with E-state index in [4.69, 9.17) is 14.5 Å². The Kier molecular flexibility index (Phi) is 4.26. The lowest BCUT2D eigenvalue weighted by Crippen LogP contribution is -2.20. The van der Waals surface area contributed by atoms with Crippen molar-refractivity contribution >= 4 is 13.4 Å². The van der Waals surface area contributed by atoms with Crippen LogP contribution in [0.15, 0.2) is 0 Å². The predicted octanol–water partition coefficient (Wildman–Crippen LogP) is 0.550. The highest BCUT2D eigenvalue weighted by molar-refractivity contribution is 7.52. The van der Waals surface area contributed by atoms with E-state index >= 15 is 0 Å². The SMILES string of the molecule is O=C(CC1CCOCC1)CP(=O)(O)O. The molecule has 0 atom stereocenters. The Morgan fingerprint density at radius 1 is 1.36 bits per heavy atom. The molecule has 0 aliphatic carbocycles. The molecule has 0 saturated carbocycles. The molecule has 2 N–H and O–H groups in total. The average molecular weight is 222 g/mol. The van der Waals surface area contributed by atoms with E-state index in [1.165, 1.54) is 0 Å². The fourth-order valence-corrected chi connectivity index (χ4v) is 2.16. The molecular weight excluding hydrogens is 207 g/mol. The van der Waals surface area contributed by atoms with E-state index in [9.17, 15) is 9.36 Å². The summed E-state index contributed by atoms with van der Waals surface area (Å²) < 4.78 is 15.6. The van der Waals surface area contributed by atoms with Crippen LogP contribution in [0.4, 0.5) is 0 Å². The second-order valence-electron chi connectivity index (χ2n) is 3.62. The van der Waals surface area contributed by atoms with Gasteiger partial charge in [-0.15, -0.1) is 0 Å². The lowest BCUT2D eigenvalue weighted by atomic mass is 9.95. The van der Waals surface area contributed by atoms with Crippen LogP contribution in [0.2, 0.25) is 0 Å². The monoisotopic (exact) mass is 222 g/mol. The van der Waals surface area contributed by atoms with Gasteiger partial charge >= 0.3 is 7.60 Å². The zero-order valence-electron chi connectivity index (χ0n) is 7.89. The molecule has 0 unspecified atom stereocenters. The molecule has 82 valence electrons. The second kappa shape index (κ2) is 5.03. The minimum Gasteiger partial charge on any atom is -0.381 e. The van der Waals surface area contributed by atoms with Crippen LogP contribution in [-0.2, 0) is 14.1 Å². The molecule has 1 fully saturated rings. The van der Waals surface area contributed by atoms with E-state index in [2.05, 4.69) is 0 Å². The maximum Gasteiger partial charge on any atom is 0.332 e. The molecule has 0 aromatic heterocycles. The lowest BCUT2D eigenvalue weighted by molar-refractivity contribution is -0.118. The van der Waals surface area contributed by atoms with Gasteiger partial charge in [-0.25, -0.2) is 0 Å². The summed E-state index contributed by atoms with van der Waals surface area (Å²) in [5, 5.41) is 0. The number of ether oxygens (including phenoxy) is 1. The summed E-state index contributed by atoms with van der Waals surface area (Å²) >= 11 is 0. The number of carbonyl (C=O) groups excluding carboxylic acids is 1. The molecule has 1 aliphatic heterocycles. The van der Waals surface area contributed by atoms with Crippen LogP contribution in [-0.4, -0.2) is 34.9 Å². The normalized spacial score (nSPS) is 19.6. The molecule has 1 saturated heterocycles. The molecule has 0 radical (unpaired) electrons. The van der Waals surface area contributed by atoms with Gasteiger partial charge in [-0.2, -0.15) is 0 Å². The molecular formula is C8H15O5P. The zero-order chi connectivity index (χ0) is 10.6. The Morgan fingerprint density at radius 2 is 1.93 bits per heavy atom. The summed E-state index contributed by atoms with van der Waals surface area (Å²) in [5.41, 5.74) is 0. The maximum absolute atomic E-state index is 11.2. The highest BCUT2D eigenvalue weighted by Crippen LogP contribution is 2.35. The largest absolute Gasteiger partial charge is 0.381 e. The molecule has 5 nitrogen and oxygen atoms in total. The molecule has 1 aliphatic rings. The Bertz CT molecular complexity index is 240. The van der Waals surface area contributed by atoms with Crippen LogP contribution in [0.25, 0.3) is 0 Å². The topological polar surface area (TPSA) is 83.8 Å². The Hall–Kier alpha value is -0.220. The van der Waals surface area contributed by atoms with Crippen molar-refractivity contribution in [2.24, 2.45) is 5.92 Å². The first-order chi connectivity index (χ1) is 6.47. The van der Waals surface area contributed by atoms with Gasteiger partial charge in [0.2, 0.25) is 0 Å². The number of Topliss-reactive ketones (excluding diaryl/α,β-unsaturated/α-hetero) is 1. The van der Waals surface area contributed by atoms with Gasteiger partial charge in [0.1, 0.15) is 11.9 Å². The number of hydrogen-bond acceptors (Lipinski definition) is 3. The summed E-state index contributed by atoms with van der Waals surface area (Å²) in [6.07, 6.45) is 1.28. The highest BCUT2D eigenvalue weighted by Gasteiger charge is 2.23. The van der Waals surface area contributed by atoms with Crippen LogP contribution in [0, 0.1) is 5.92 Å². The van der Waals surface area contributed by atoms with Crippen molar-refractivity contribution in [1.29, 1.82) is 0 Å². The van der Waals surface area contributed by atoms with Gasteiger partial charge in [0.05, 0.1) is 0 Å². The van der Waals surface area contributed by atoms with Crippen LogP contribution >= 0.6 is 7.60 Å². The van der Waals surface area contributed by atoms with Gasteiger partial charge in [-0.1, -0.05) is 0 Å². The van der Waals surface area contributed by atoms with E-state index in [1.54, 1.807) is 0 Å². The molecule has 14 heavy (non-hydrogen) atoms. The number of rotatable bonds is 4. The van der Waals surface area contributed by atoms with Gasteiger partial charge in [-0.3, -0.25) is 9.36 Å². The standard InChI is InChI=1S/C8H15O5P/c9-8(6-14(10,11)12)5-7-1-3-13-4-2-7/h7H,1-6H2,(H2,10,11,12). The fraction of sp³-hybridized carbons (Fsp3) is 0.875. The van der Waals surface area contributed by atoms with Crippen molar-refractivity contribution < 1.29 is 23.9 Å². The number of ketones is 1. The molecule has 0 amide bonds. The number of carbonyl (C=O) groups is 1. The third kappa shape index (κ3) is 4.86. The van der Waals surface area contributed by atoms with E-state index < -0.39 is 13.8 Å². The van der Waals surface area contributed by atoms with Crippen molar-refractivity contribution in [2.45, 2.75) is 19.3 Å². The van der Waals surface area contributed by atoms with E-state index in [-0.39, 0.29) is 18.1 Å². The predicted molar refractivity (Wildman–Crippen MR) is 50.1 cm³/mol. The van der Waals surface area contributed by atoms with Crippen LogP contribution in [0.1, 0.15) is 19.3 Å². The van der Waals surface area contributed by atoms with Crippen molar-refractivity contribution in [3.8, 4) is 0 Å². The summed E-state index contributed by atoms with van der Waals surface area (Å²) in [6, 6.07) is 0. The van der Waals surface area contributed by atoms with E-state index in [0.717, 1.165) is 12.8 Å². The van der Waals surface area contributed by atoms with Gasteiger partial charge < -0.3 is 14.5 Å². The van der Waals surface area contributed by atoms with Gasteiger partial charge in [0, 0.05) is 19.6 Å². The molecule has 0 spiro atoms. The number of hydrogen-bond donors (Lipinski definition) is 2. The van der Waals surface area contributed by atoms with Crippen LogP contribution in [0.3, 0.4) is 0 Å². The minimum atomic E-state index is -4.17. The third-order valence-electron chi connectivity index (χ3n) is 2.24. The second-order valence-corrected chi connectivity index (χ2v) is 5.27. The third-order valence-corrected chi connectivity index (χ3v) is 3.00. The summed E-state index contributed by atoms with van der Waals surface area (Å²) in [7, 11) is -4.17. The van der Waals surface area contributed by atoms with Crippen molar-refractivity contribution in [3.63, 3.8) is 0 Å². The molecule has 0 bridgehead atoms. The summed E-state index contributed by atoms with van der Waals surface area (Å²) in [5.74, 6) is -0.104. The lowest BCUT2D eigenvalue weighted by Gasteiger charge is -2.21.